The van der Waals surface area contributed by atoms with Crippen molar-refractivity contribution >= 4 is 15.8 Å². The Balaban J connectivity index is 2.05. The van der Waals surface area contributed by atoms with Crippen LogP contribution in [0.1, 0.15) is 32.6 Å². The number of hydrogen-bond donors (Lipinski definition) is 2. The number of ether oxygens (including phenoxy) is 1. The van der Waals surface area contributed by atoms with Crippen LogP contribution < -0.4 is 10.0 Å². The molecule has 0 bridgehead atoms. The Morgan fingerprint density at radius 1 is 1.38 bits per heavy atom. The molecule has 0 amide bonds. The van der Waals surface area contributed by atoms with Gasteiger partial charge in [-0.15, -0.1) is 0 Å². The third-order valence-electron chi connectivity index (χ3n) is 3.66. The van der Waals surface area contributed by atoms with E-state index in [1.165, 1.54) is 6.20 Å². The number of pyridine rings is 1. The molecule has 1 fully saturated rings. The molecule has 7 heteroatoms. The second kappa shape index (κ2) is 7.20. The lowest BCUT2D eigenvalue weighted by atomic mass is 10.2. The largest absolute Gasteiger partial charge is 0.380 e. The van der Waals surface area contributed by atoms with Crippen LogP contribution in [0.3, 0.4) is 0 Å². The van der Waals surface area contributed by atoms with Crippen LogP contribution in [0.15, 0.2) is 23.2 Å². The van der Waals surface area contributed by atoms with Gasteiger partial charge < -0.3 is 10.1 Å². The average Bonchev–Trinajstić information content (AvgIpc) is 2.92. The molecular weight excluding hydrogens is 290 g/mol. The van der Waals surface area contributed by atoms with Crippen LogP contribution in [-0.4, -0.2) is 39.2 Å². The summed E-state index contributed by atoms with van der Waals surface area (Å²) in [6.07, 6.45) is 5.01. The average molecular weight is 313 g/mol. The van der Waals surface area contributed by atoms with Crippen LogP contribution in [-0.2, 0) is 14.8 Å². The van der Waals surface area contributed by atoms with Crippen LogP contribution in [0.25, 0.3) is 0 Å². The predicted molar refractivity (Wildman–Crippen MR) is 81.8 cm³/mol. The Kier molecular flexibility index (Phi) is 5.55. The van der Waals surface area contributed by atoms with Gasteiger partial charge in [0.2, 0.25) is 10.0 Å². The maximum atomic E-state index is 12.3. The lowest BCUT2D eigenvalue weighted by Gasteiger charge is -2.19. The monoisotopic (exact) mass is 313 g/mol. The van der Waals surface area contributed by atoms with E-state index in [1.54, 1.807) is 19.2 Å². The number of sulfonamides is 1. The van der Waals surface area contributed by atoms with E-state index in [2.05, 4.69) is 21.9 Å². The fraction of sp³-hybridized carbons (Fsp3) is 0.643. The number of methoxy groups -OCH3 is 1. The van der Waals surface area contributed by atoms with Crippen LogP contribution in [0.5, 0.6) is 0 Å². The third kappa shape index (κ3) is 4.15. The maximum absolute atomic E-state index is 12.3. The molecule has 0 spiro atoms. The van der Waals surface area contributed by atoms with E-state index in [9.17, 15) is 8.42 Å². The summed E-state index contributed by atoms with van der Waals surface area (Å²) in [6, 6.07) is 3.11. The quantitative estimate of drug-likeness (QED) is 0.801. The molecule has 1 aromatic rings. The van der Waals surface area contributed by atoms with Gasteiger partial charge in [0.05, 0.1) is 6.10 Å². The summed E-state index contributed by atoms with van der Waals surface area (Å²) in [4.78, 5) is 4.32. The number of hydrogen-bond acceptors (Lipinski definition) is 5. The molecule has 21 heavy (non-hydrogen) atoms. The van der Waals surface area contributed by atoms with Gasteiger partial charge in [0.25, 0.3) is 0 Å². The normalized spacial score (nSPS) is 22.4. The Bertz CT molecular complexity index is 545. The molecule has 2 atom stereocenters. The Morgan fingerprint density at radius 2 is 2.19 bits per heavy atom. The van der Waals surface area contributed by atoms with E-state index in [1.807, 2.05) is 0 Å². The lowest BCUT2D eigenvalue weighted by molar-refractivity contribution is 0.0916. The molecule has 0 saturated heterocycles. The first kappa shape index (κ1) is 16.2. The zero-order valence-electron chi connectivity index (χ0n) is 12.5. The van der Waals surface area contributed by atoms with Crippen LogP contribution in [0.4, 0.5) is 5.82 Å². The molecule has 1 aliphatic carbocycles. The van der Waals surface area contributed by atoms with E-state index in [0.29, 0.717) is 5.82 Å². The van der Waals surface area contributed by atoms with E-state index >= 15 is 0 Å². The molecule has 118 valence electrons. The number of nitrogens with zero attached hydrogens (tertiary/aromatic N) is 1. The van der Waals surface area contributed by atoms with Crippen LogP contribution in [0, 0.1) is 0 Å². The van der Waals surface area contributed by atoms with Crippen molar-refractivity contribution in [2.24, 2.45) is 0 Å². The second-order valence-electron chi connectivity index (χ2n) is 5.24. The van der Waals surface area contributed by atoms with Crippen molar-refractivity contribution in [3.63, 3.8) is 0 Å². The highest BCUT2D eigenvalue weighted by atomic mass is 32.2. The summed E-state index contributed by atoms with van der Waals surface area (Å²) >= 11 is 0. The van der Waals surface area contributed by atoms with E-state index < -0.39 is 10.0 Å². The minimum absolute atomic E-state index is 0.0433. The molecule has 6 nitrogen and oxygen atoms in total. The number of anilines is 1. The summed E-state index contributed by atoms with van der Waals surface area (Å²) < 4.78 is 32.7. The fourth-order valence-electron chi connectivity index (χ4n) is 2.51. The molecule has 1 saturated carbocycles. The van der Waals surface area contributed by atoms with Gasteiger partial charge in [-0.1, -0.05) is 6.92 Å². The highest BCUT2D eigenvalue weighted by molar-refractivity contribution is 7.89. The van der Waals surface area contributed by atoms with Crippen LogP contribution >= 0.6 is 0 Å². The summed E-state index contributed by atoms with van der Waals surface area (Å²) in [5.74, 6) is 0.687. The van der Waals surface area contributed by atoms with Crippen molar-refractivity contribution in [1.82, 2.24) is 9.71 Å². The first-order chi connectivity index (χ1) is 10.1. The molecule has 2 unspecified atom stereocenters. The van der Waals surface area contributed by atoms with Gasteiger partial charge in [-0.25, -0.2) is 18.1 Å². The van der Waals surface area contributed by atoms with Crippen molar-refractivity contribution in [2.75, 3.05) is 19.0 Å². The van der Waals surface area contributed by atoms with E-state index in [0.717, 1.165) is 32.2 Å². The summed E-state index contributed by atoms with van der Waals surface area (Å²) in [7, 11) is -1.93. The predicted octanol–water partition coefficient (Wildman–Crippen LogP) is 1.75. The molecule has 1 heterocycles. The molecule has 2 rings (SSSR count). The Morgan fingerprint density at radius 3 is 2.81 bits per heavy atom. The number of nitrogens with one attached hydrogen (secondary N) is 2. The van der Waals surface area contributed by atoms with Crippen molar-refractivity contribution < 1.29 is 13.2 Å². The smallest absolute Gasteiger partial charge is 0.242 e. The minimum atomic E-state index is -3.54. The standard InChI is InChI=1S/C14H23N3O3S/c1-3-9-15-14-8-7-11(10-16-14)21(18,19)17-12-5-4-6-13(12)20-2/h7-8,10,12-13,17H,3-6,9H2,1-2H3,(H,15,16). The SMILES string of the molecule is CCCNc1ccc(S(=O)(=O)NC2CCCC2OC)cn1. The fourth-order valence-corrected chi connectivity index (χ4v) is 3.75. The highest BCUT2D eigenvalue weighted by Crippen LogP contribution is 2.23. The second-order valence-corrected chi connectivity index (χ2v) is 6.95. The van der Waals surface area contributed by atoms with Gasteiger partial charge in [0.1, 0.15) is 10.7 Å². The van der Waals surface area contributed by atoms with E-state index in [-0.39, 0.29) is 17.0 Å². The zero-order chi connectivity index (χ0) is 15.3. The third-order valence-corrected chi connectivity index (χ3v) is 5.14. The minimum Gasteiger partial charge on any atom is -0.380 e. The van der Waals surface area contributed by atoms with Gasteiger partial charge in [0.15, 0.2) is 0 Å². The van der Waals surface area contributed by atoms with Gasteiger partial charge in [0, 0.05) is 25.9 Å². The molecule has 1 aliphatic rings. The highest BCUT2D eigenvalue weighted by Gasteiger charge is 2.31. The van der Waals surface area contributed by atoms with E-state index in [4.69, 9.17) is 4.74 Å². The zero-order valence-corrected chi connectivity index (χ0v) is 13.3. The molecular formula is C14H23N3O3S. The Hall–Kier alpha value is -1.18. The Labute approximate surface area is 126 Å². The molecule has 0 aromatic carbocycles. The van der Waals surface area contributed by atoms with Crippen molar-refractivity contribution in [1.29, 1.82) is 0 Å². The van der Waals surface area contributed by atoms with Crippen LogP contribution in [0.2, 0.25) is 0 Å². The van der Waals surface area contributed by atoms with Gasteiger partial charge >= 0.3 is 0 Å². The molecule has 0 aliphatic heterocycles. The van der Waals surface area contributed by atoms with Crippen molar-refractivity contribution in [2.45, 2.75) is 49.6 Å². The van der Waals surface area contributed by atoms with Gasteiger partial charge in [-0.2, -0.15) is 0 Å². The lowest BCUT2D eigenvalue weighted by Crippen LogP contribution is -2.40. The summed E-state index contributed by atoms with van der Waals surface area (Å²) in [6.45, 7) is 2.87. The molecule has 2 N–H and O–H groups in total. The van der Waals surface area contributed by atoms with Gasteiger partial charge in [-0.3, -0.25) is 0 Å². The van der Waals surface area contributed by atoms with Crippen molar-refractivity contribution in [3.8, 4) is 0 Å². The summed E-state index contributed by atoms with van der Waals surface area (Å²) in [5.41, 5.74) is 0. The molecule has 1 aromatic heterocycles. The maximum Gasteiger partial charge on any atom is 0.242 e. The number of rotatable bonds is 7. The first-order valence-electron chi connectivity index (χ1n) is 7.32. The summed E-state index contributed by atoms with van der Waals surface area (Å²) in [5, 5.41) is 3.12. The van der Waals surface area contributed by atoms with Gasteiger partial charge in [-0.05, 0) is 37.8 Å². The van der Waals surface area contributed by atoms with Crippen molar-refractivity contribution in [3.05, 3.63) is 18.3 Å². The first-order valence-corrected chi connectivity index (χ1v) is 8.80. The number of aromatic nitrogens is 1. The molecule has 0 radical (unpaired) electrons. The topological polar surface area (TPSA) is 80.3 Å².